The van der Waals surface area contributed by atoms with Crippen LogP contribution >= 0.6 is 0 Å². The molecule has 1 aliphatic rings. The number of nitrogens with two attached hydrogens (primary N) is 1. The van der Waals surface area contributed by atoms with Gasteiger partial charge in [-0.15, -0.1) is 0 Å². The first-order chi connectivity index (χ1) is 7.86. The summed E-state index contributed by atoms with van der Waals surface area (Å²) in [6.45, 7) is 2.00. The molecule has 96 valence electrons. The number of rotatable bonds is 8. The average Bonchev–Trinajstić information content (AvgIpc) is 2.34. The zero-order chi connectivity index (χ0) is 11.6. The van der Waals surface area contributed by atoms with Crippen LogP contribution in [0.1, 0.15) is 38.5 Å². The Morgan fingerprint density at radius 3 is 2.62 bits per heavy atom. The van der Waals surface area contributed by atoms with Gasteiger partial charge in [-0.1, -0.05) is 32.1 Å². The lowest BCUT2D eigenvalue weighted by Crippen LogP contribution is -2.40. The fraction of sp³-hybridized carbons (Fsp3) is 1.00. The molecule has 1 rings (SSSR count). The maximum Gasteiger partial charge on any atom is 0.0701 e. The van der Waals surface area contributed by atoms with Gasteiger partial charge < -0.3 is 9.47 Å². The number of nitrogens with one attached hydrogen (secondary N) is 1. The molecule has 3 N–H and O–H groups in total. The van der Waals surface area contributed by atoms with Crippen molar-refractivity contribution in [2.45, 2.75) is 44.6 Å². The van der Waals surface area contributed by atoms with Gasteiger partial charge in [-0.25, -0.2) is 0 Å². The second kappa shape index (κ2) is 8.93. The maximum absolute atomic E-state index is 5.54. The van der Waals surface area contributed by atoms with E-state index in [4.69, 9.17) is 15.3 Å². The molecule has 1 aliphatic carbocycles. The van der Waals surface area contributed by atoms with Crippen molar-refractivity contribution in [3.05, 3.63) is 0 Å². The van der Waals surface area contributed by atoms with Crippen LogP contribution in [0.15, 0.2) is 0 Å². The van der Waals surface area contributed by atoms with Gasteiger partial charge >= 0.3 is 0 Å². The highest BCUT2D eigenvalue weighted by Crippen LogP contribution is 2.27. The Bertz CT molecular complexity index is 161. The summed E-state index contributed by atoms with van der Waals surface area (Å²) in [7, 11) is 1.68. The van der Waals surface area contributed by atoms with Crippen molar-refractivity contribution in [1.29, 1.82) is 0 Å². The molecule has 1 saturated carbocycles. The predicted octanol–water partition coefficient (Wildman–Crippen LogP) is 1.45. The summed E-state index contributed by atoms with van der Waals surface area (Å²) in [5.74, 6) is 6.38. The van der Waals surface area contributed by atoms with Gasteiger partial charge in [-0.05, 0) is 12.3 Å². The van der Waals surface area contributed by atoms with Gasteiger partial charge in [-0.2, -0.15) is 0 Å². The monoisotopic (exact) mass is 230 g/mol. The van der Waals surface area contributed by atoms with Crippen LogP contribution in [-0.4, -0.2) is 33.0 Å². The lowest BCUT2D eigenvalue weighted by Gasteiger charge is -2.26. The molecule has 1 atom stereocenters. The standard InChI is InChI=1S/C12H26N2O2/c1-15-7-8-16-10-12(14-13)9-11-5-3-2-4-6-11/h11-12,14H,2-10,13H2,1H3. The lowest BCUT2D eigenvalue weighted by molar-refractivity contribution is 0.0538. The molecule has 0 amide bonds. The first kappa shape index (κ1) is 13.9. The van der Waals surface area contributed by atoms with Crippen molar-refractivity contribution < 1.29 is 9.47 Å². The third-order valence-electron chi connectivity index (χ3n) is 3.33. The molecule has 0 bridgehead atoms. The molecule has 0 heterocycles. The van der Waals surface area contributed by atoms with Crippen LogP contribution < -0.4 is 11.3 Å². The van der Waals surface area contributed by atoms with Crippen LogP contribution in [0.5, 0.6) is 0 Å². The summed E-state index contributed by atoms with van der Waals surface area (Å²) in [5.41, 5.74) is 2.86. The van der Waals surface area contributed by atoms with Crippen LogP contribution in [-0.2, 0) is 9.47 Å². The molecule has 0 aliphatic heterocycles. The molecule has 0 aromatic heterocycles. The third-order valence-corrected chi connectivity index (χ3v) is 3.33. The first-order valence-electron chi connectivity index (χ1n) is 6.39. The van der Waals surface area contributed by atoms with E-state index in [2.05, 4.69) is 5.43 Å². The van der Waals surface area contributed by atoms with Crippen molar-refractivity contribution in [2.24, 2.45) is 11.8 Å². The normalized spacial score (nSPS) is 19.9. The molecule has 0 aromatic rings. The van der Waals surface area contributed by atoms with E-state index in [1.165, 1.54) is 32.1 Å². The SMILES string of the molecule is COCCOCC(CC1CCCCC1)NN. The summed E-state index contributed by atoms with van der Waals surface area (Å²) in [6, 6.07) is 0.292. The molecular weight excluding hydrogens is 204 g/mol. The van der Waals surface area contributed by atoms with Crippen molar-refractivity contribution >= 4 is 0 Å². The molecular formula is C12H26N2O2. The lowest BCUT2D eigenvalue weighted by atomic mass is 9.85. The third kappa shape index (κ3) is 5.80. The van der Waals surface area contributed by atoms with Gasteiger partial charge in [0.05, 0.1) is 19.8 Å². The predicted molar refractivity (Wildman–Crippen MR) is 65.0 cm³/mol. The van der Waals surface area contributed by atoms with Crippen LogP contribution in [0.4, 0.5) is 0 Å². The Morgan fingerprint density at radius 2 is 2.00 bits per heavy atom. The number of hydrogen-bond acceptors (Lipinski definition) is 4. The smallest absolute Gasteiger partial charge is 0.0701 e. The molecule has 16 heavy (non-hydrogen) atoms. The van der Waals surface area contributed by atoms with E-state index in [0.29, 0.717) is 25.9 Å². The number of hydrazine groups is 1. The van der Waals surface area contributed by atoms with E-state index in [0.717, 1.165) is 12.3 Å². The Kier molecular flexibility index (Phi) is 7.76. The average molecular weight is 230 g/mol. The number of hydrogen-bond donors (Lipinski definition) is 2. The van der Waals surface area contributed by atoms with Crippen molar-refractivity contribution in [3.8, 4) is 0 Å². The van der Waals surface area contributed by atoms with E-state index in [1.807, 2.05) is 0 Å². The molecule has 0 aromatic carbocycles. The minimum atomic E-state index is 0.292. The highest BCUT2D eigenvalue weighted by molar-refractivity contribution is 4.73. The molecule has 0 radical (unpaired) electrons. The Hall–Kier alpha value is -0.160. The van der Waals surface area contributed by atoms with Gasteiger partial charge in [-0.3, -0.25) is 11.3 Å². The number of ether oxygens (including phenoxy) is 2. The Labute approximate surface area is 98.8 Å². The number of methoxy groups -OCH3 is 1. The van der Waals surface area contributed by atoms with E-state index < -0.39 is 0 Å². The summed E-state index contributed by atoms with van der Waals surface area (Å²) in [6.07, 6.45) is 8.02. The van der Waals surface area contributed by atoms with Crippen LogP contribution in [0.3, 0.4) is 0 Å². The van der Waals surface area contributed by atoms with Gasteiger partial charge in [0, 0.05) is 13.2 Å². The summed E-state index contributed by atoms with van der Waals surface area (Å²) >= 11 is 0. The van der Waals surface area contributed by atoms with E-state index >= 15 is 0 Å². The summed E-state index contributed by atoms with van der Waals surface area (Å²) in [4.78, 5) is 0. The van der Waals surface area contributed by atoms with Gasteiger partial charge in [0.1, 0.15) is 0 Å². The van der Waals surface area contributed by atoms with Gasteiger partial charge in [0.2, 0.25) is 0 Å². The Balaban J connectivity index is 2.09. The summed E-state index contributed by atoms with van der Waals surface area (Å²) in [5, 5.41) is 0. The second-order valence-electron chi connectivity index (χ2n) is 4.67. The molecule has 0 saturated heterocycles. The minimum Gasteiger partial charge on any atom is -0.382 e. The molecule has 1 fully saturated rings. The maximum atomic E-state index is 5.54. The fourth-order valence-electron chi connectivity index (χ4n) is 2.38. The largest absolute Gasteiger partial charge is 0.382 e. The van der Waals surface area contributed by atoms with Crippen molar-refractivity contribution in [3.63, 3.8) is 0 Å². The van der Waals surface area contributed by atoms with Crippen molar-refractivity contribution in [1.82, 2.24) is 5.43 Å². The first-order valence-corrected chi connectivity index (χ1v) is 6.39. The topological polar surface area (TPSA) is 56.5 Å². The van der Waals surface area contributed by atoms with Crippen LogP contribution in [0.2, 0.25) is 0 Å². The van der Waals surface area contributed by atoms with E-state index in [-0.39, 0.29) is 0 Å². The molecule has 0 spiro atoms. The quantitative estimate of drug-likeness (QED) is 0.376. The van der Waals surface area contributed by atoms with E-state index in [9.17, 15) is 0 Å². The summed E-state index contributed by atoms with van der Waals surface area (Å²) < 4.78 is 10.4. The highest BCUT2D eigenvalue weighted by atomic mass is 16.5. The zero-order valence-corrected chi connectivity index (χ0v) is 10.4. The second-order valence-corrected chi connectivity index (χ2v) is 4.67. The molecule has 4 heteroatoms. The van der Waals surface area contributed by atoms with Gasteiger partial charge in [0.25, 0.3) is 0 Å². The van der Waals surface area contributed by atoms with Crippen molar-refractivity contribution in [2.75, 3.05) is 26.9 Å². The zero-order valence-electron chi connectivity index (χ0n) is 10.4. The highest BCUT2D eigenvalue weighted by Gasteiger charge is 2.18. The Morgan fingerprint density at radius 1 is 1.25 bits per heavy atom. The van der Waals surface area contributed by atoms with E-state index in [1.54, 1.807) is 7.11 Å². The molecule has 4 nitrogen and oxygen atoms in total. The molecule has 1 unspecified atom stereocenters. The van der Waals surface area contributed by atoms with Crippen LogP contribution in [0.25, 0.3) is 0 Å². The minimum absolute atomic E-state index is 0.292. The van der Waals surface area contributed by atoms with Crippen LogP contribution in [0, 0.1) is 5.92 Å². The van der Waals surface area contributed by atoms with Gasteiger partial charge in [0.15, 0.2) is 0 Å². The fourth-order valence-corrected chi connectivity index (χ4v) is 2.38.